The lowest BCUT2D eigenvalue weighted by molar-refractivity contribution is -0.138. The van der Waals surface area contributed by atoms with Crippen LogP contribution in [0, 0.1) is 6.92 Å². The van der Waals surface area contributed by atoms with Gasteiger partial charge in [-0.1, -0.05) is 19.2 Å². The summed E-state index contributed by atoms with van der Waals surface area (Å²) in [6.07, 6.45) is 0.643. The molecule has 1 aromatic carbocycles. The number of esters is 1. The van der Waals surface area contributed by atoms with Crippen molar-refractivity contribution >= 4 is 35.4 Å². The van der Waals surface area contributed by atoms with E-state index in [1.807, 2.05) is 0 Å². The molecule has 0 fully saturated rings. The number of nitrogens with one attached hydrogen (secondary N) is 3. The van der Waals surface area contributed by atoms with Crippen LogP contribution in [0.25, 0.3) is 0 Å². The van der Waals surface area contributed by atoms with Gasteiger partial charge in [0.25, 0.3) is 0 Å². The number of carbonyl (C=O) groups excluding carboxylic acids is 4. The van der Waals surface area contributed by atoms with Crippen LogP contribution in [0.15, 0.2) is 43.5 Å². The predicted octanol–water partition coefficient (Wildman–Crippen LogP) is 2.12. The first-order chi connectivity index (χ1) is 13.8. The number of benzene rings is 1. The van der Waals surface area contributed by atoms with Gasteiger partial charge >= 0.3 is 18.2 Å². The molecule has 0 radical (unpaired) electrons. The zero-order valence-corrected chi connectivity index (χ0v) is 16.0. The minimum atomic E-state index is -0.750. The highest BCUT2D eigenvalue weighted by molar-refractivity contribution is 5.90. The Kier molecular flexibility index (Phi) is 10.0. The third-order valence-corrected chi connectivity index (χ3v) is 3.27. The maximum absolute atomic E-state index is 11.8. The van der Waals surface area contributed by atoms with E-state index in [9.17, 15) is 19.2 Å². The van der Waals surface area contributed by atoms with Crippen LogP contribution in [0.5, 0.6) is 0 Å². The fourth-order valence-electron chi connectivity index (χ4n) is 1.86. The topological polar surface area (TPSA) is 132 Å². The molecule has 3 amide bonds. The molecular weight excluding hydrogens is 382 g/mol. The van der Waals surface area contributed by atoms with Gasteiger partial charge in [-0.3, -0.25) is 15.4 Å². The zero-order chi connectivity index (χ0) is 21.6. The lowest BCUT2D eigenvalue weighted by Gasteiger charge is -2.12. The second-order valence-corrected chi connectivity index (χ2v) is 5.42. The number of hydrogen-bond donors (Lipinski definition) is 3. The van der Waals surface area contributed by atoms with Crippen molar-refractivity contribution < 1.29 is 33.4 Å². The van der Waals surface area contributed by atoms with Crippen molar-refractivity contribution in [1.82, 2.24) is 5.32 Å². The molecule has 0 aromatic heterocycles. The molecule has 1 aromatic rings. The van der Waals surface area contributed by atoms with Crippen LogP contribution in [0.3, 0.4) is 0 Å². The Hall–Kier alpha value is -3.82. The minimum absolute atomic E-state index is 0.0227. The van der Waals surface area contributed by atoms with Crippen LogP contribution in [0.4, 0.5) is 21.0 Å². The Morgan fingerprint density at radius 2 is 1.59 bits per heavy atom. The summed E-state index contributed by atoms with van der Waals surface area (Å²) in [5.41, 5.74) is 1.52. The lowest BCUT2D eigenvalue weighted by Crippen LogP contribution is -2.27. The third kappa shape index (κ3) is 9.61. The second-order valence-electron chi connectivity index (χ2n) is 5.42. The highest BCUT2D eigenvalue weighted by Crippen LogP contribution is 2.20. The highest BCUT2D eigenvalue weighted by Gasteiger charge is 2.09. The summed E-state index contributed by atoms with van der Waals surface area (Å²) in [6, 6.07) is 4.83. The molecule has 0 saturated heterocycles. The van der Waals surface area contributed by atoms with Crippen molar-refractivity contribution in [2.45, 2.75) is 6.92 Å². The molecule has 0 aliphatic carbocycles. The number of ether oxygens (including phenoxy) is 3. The first-order valence-electron chi connectivity index (χ1n) is 8.53. The van der Waals surface area contributed by atoms with Gasteiger partial charge in [0.1, 0.15) is 19.8 Å². The molecule has 0 unspecified atom stereocenters. The molecule has 3 N–H and O–H groups in total. The van der Waals surface area contributed by atoms with Crippen LogP contribution >= 0.6 is 0 Å². The molecule has 10 heteroatoms. The van der Waals surface area contributed by atoms with E-state index < -0.39 is 18.2 Å². The molecule has 0 aliphatic heterocycles. The zero-order valence-electron chi connectivity index (χ0n) is 16.0. The van der Waals surface area contributed by atoms with E-state index in [1.54, 1.807) is 19.1 Å². The van der Waals surface area contributed by atoms with E-state index in [0.717, 1.165) is 17.7 Å². The van der Waals surface area contributed by atoms with Crippen molar-refractivity contribution in [2.75, 3.05) is 37.0 Å². The molecule has 10 nitrogen and oxygen atoms in total. The summed E-state index contributed by atoms with van der Waals surface area (Å²) in [4.78, 5) is 45.4. The Balaban J connectivity index is 2.46. The smallest absolute Gasteiger partial charge is 0.411 e. The summed E-state index contributed by atoms with van der Waals surface area (Å²) in [6.45, 7) is 8.20. The summed E-state index contributed by atoms with van der Waals surface area (Å²) >= 11 is 0. The van der Waals surface area contributed by atoms with E-state index in [-0.39, 0.29) is 32.3 Å². The molecule has 0 saturated carbocycles. The number of aryl methyl sites for hydroxylation is 1. The number of hydrogen-bond acceptors (Lipinski definition) is 7. The molecule has 0 spiro atoms. The molecular formula is C19H23N3O7. The van der Waals surface area contributed by atoms with Gasteiger partial charge in [0, 0.05) is 17.5 Å². The Morgan fingerprint density at radius 3 is 2.28 bits per heavy atom. The van der Waals surface area contributed by atoms with Gasteiger partial charge in [0.2, 0.25) is 5.91 Å². The average molecular weight is 405 g/mol. The molecule has 0 atom stereocenters. The van der Waals surface area contributed by atoms with Gasteiger partial charge in [-0.25, -0.2) is 14.4 Å². The van der Waals surface area contributed by atoms with E-state index in [2.05, 4.69) is 33.8 Å². The van der Waals surface area contributed by atoms with E-state index >= 15 is 0 Å². The van der Waals surface area contributed by atoms with E-state index in [0.29, 0.717) is 11.4 Å². The van der Waals surface area contributed by atoms with Crippen molar-refractivity contribution in [3.8, 4) is 0 Å². The van der Waals surface area contributed by atoms with Gasteiger partial charge in [-0.15, -0.1) is 0 Å². The first-order valence-corrected chi connectivity index (χ1v) is 8.53. The van der Waals surface area contributed by atoms with E-state index in [1.165, 1.54) is 6.07 Å². The SMILES string of the molecule is C=CC(=O)NCCOC(=O)Nc1ccc(C)c(NC(=O)OCCOC(=O)C=C)c1. The Bertz CT molecular complexity index is 777. The van der Waals surface area contributed by atoms with Crippen LogP contribution in [-0.4, -0.2) is 50.4 Å². The monoisotopic (exact) mass is 405 g/mol. The standard InChI is InChI=1S/C19H23N3O7/c1-4-16(23)20-8-9-28-18(25)21-14-7-6-13(3)15(12-14)22-19(26)29-11-10-27-17(24)5-2/h4-7,12H,1-2,8-11H2,3H3,(H,20,23)(H,21,25)(H,22,26). The third-order valence-electron chi connectivity index (χ3n) is 3.27. The maximum Gasteiger partial charge on any atom is 0.411 e. The van der Waals surface area contributed by atoms with Gasteiger partial charge in [0.05, 0.1) is 6.54 Å². The predicted molar refractivity (Wildman–Crippen MR) is 105 cm³/mol. The summed E-state index contributed by atoms with van der Waals surface area (Å²) < 4.78 is 14.5. The lowest BCUT2D eigenvalue weighted by atomic mass is 10.2. The molecule has 0 aliphatic rings. The van der Waals surface area contributed by atoms with E-state index in [4.69, 9.17) is 9.47 Å². The van der Waals surface area contributed by atoms with Crippen LogP contribution in [0.1, 0.15) is 5.56 Å². The highest BCUT2D eigenvalue weighted by atomic mass is 16.6. The van der Waals surface area contributed by atoms with Gasteiger partial charge in [-0.2, -0.15) is 0 Å². The number of amides is 3. The average Bonchev–Trinajstić information content (AvgIpc) is 2.70. The second kappa shape index (κ2) is 12.5. The number of rotatable bonds is 10. The molecule has 1 rings (SSSR count). The quantitative estimate of drug-likeness (QED) is 0.235. The van der Waals surface area contributed by atoms with Gasteiger partial charge < -0.3 is 19.5 Å². The van der Waals surface area contributed by atoms with Crippen molar-refractivity contribution in [2.24, 2.45) is 0 Å². The normalized spacial score (nSPS) is 9.55. The van der Waals surface area contributed by atoms with Crippen molar-refractivity contribution in [3.63, 3.8) is 0 Å². The maximum atomic E-state index is 11.8. The summed E-state index contributed by atoms with van der Waals surface area (Å²) in [5.74, 6) is -0.979. The van der Waals surface area contributed by atoms with Crippen LogP contribution < -0.4 is 16.0 Å². The Labute approximate surface area is 167 Å². The van der Waals surface area contributed by atoms with Crippen molar-refractivity contribution in [1.29, 1.82) is 0 Å². The van der Waals surface area contributed by atoms with Gasteiger partial charge in [0.15, 0.2) is 0 Å². The number of anilines is 2. The Morgan fingerprint density at radius 1 is 0.931 bits per heavy atom. The molecule has 0 heterocycles. The summed E-state index contributed by atoms with van der Waals surface area (Å²) in [5, 5.41) is 7.49. The number of carbonyl (C=O) groups is 4. The molecule has 0 bridgehead atoms. The molecule has 156 valence electrons. The largest absolute Gasteiger partial charge is 0.459 e. The first kappa shape index (κ1) is 23.2. The fraction of sp³-hybridized carbons (Fsp3) is 0.263. The summed E-state index contributed by atoms with van der Waals surface area (Å²) in [7, 11) is 0. The minimum Gasteiger partial charge on any atom is -0.459 e. The van der Waals surface area contributed by atoms with Crippen LogP contribution in [-0.2, 0) is 23.8 Å². The fourth-order valence-corrected chi connectivity index (χ4v) is 1.86. The van der Waals surface area contributed by atoms with Crippen LogP contribution in [0.2, 0.25) is 0 Å². The van der Waals surface area contributed by atoms with Crippen molar-refractivity contribution in [3.05, 3.63) is 49.1 Å². The molecule has 29 heavy (non-hydrogen) atoms. The van der Waals surface area contributed by atoms with Gasteiger partial charge in [-0.05, 0) is 30.7 Å².